The molecule has 1 aromatic carbocycles. The molecule has 0 radical (unpaired) electrons. The fourth-order valence-electron chi connectivity index (χ4n) is 3.91. The van der Waals surface area contributed by atoms with E-state index >= 15 is 0 Å². The van der Waals surface area contributed by atoms with Crippen molar-refractivity contribution in [1.82, 2.24) is 10.2 Å². The van der Waals surface area contributed by atoms with Gasteiger partial charge in [-0.2, -0.15) is 0 Å². The van der Waals surface area contributed by atoms with Crippen LogP contribution in [0.5, 0.6) is 0 Å². The smallest absolute Gasteiger partial charge is 0.238 e. The van der Waals surface area contributed by atoms with Crippen molar-refractivity contribution in [2.45, 2.75) is 55.6 Å². The largest absolute Gasteiger partial charge is 0.376 e. The summed E-state index contributed by atoms with van der Waals surface area (Å²) in [6, 6.07) is 6.68. The number of ether oxygens (including phenoxy) is 2. The molecule has 1 unspecified atom stereocenters. The van der Waals surface area contributed by atoms with Gasteiger partial charge in [0.1, 0.15) is 0 Å². The minimum Gasteiger partial charge on any atom is -0.376 e. The first-order valence-corrected chi connectivity index (χ1v) is 12.3. The van der Waals surface area contributed by atoms with Crippen molar-refractivity contribution in [2.24, 2.45) is 10.1 Å². The summed E-state index contributed by atoms with van der Waals surface area (Å²) in [4.78, 5) is 6.81. The van der Waals surface area contributed by atoms with E-state index in [1.54, 1.807) is 31.3 Å². The summed E-state index contributed by atoms with van der Waals surface area (Å²) in [5.74, 6) is 0.894. The Bertz CT molecular complexity index is 790. The Morgan fingerprint density at radius 2 is 1.94 bits per heavy atom. The summed E-state index contributed by atoms with van der Waals surface area (Å²) in [5.41, 5.74) is 1.04. The molecule has 3 rings (SSSR count). The highest BCUT2D eigenvalue weighted by atomic mass is 127. The van der Waals surface area contributed by atoms with Gasteiger partial charge < -0.3 is 19.7 Å². The lowest BCUT2D eigenvalue weighted by Gasteiger charge is -2.35. The molecule has 0 saturated carbocycles. The molecule has 2 aliphatic heterocycles. The average Bonchev–Trinajstić information content (AvgIpc) is 2.76. The van der Waals surface area contributed by atoms with E-state index in [4.69, 9.17) is 14.6 Å². The fourth-order valence-corrected chi connectivity index (χ4v) is 4.43. The molecule has 1 aromatic rings. The second-order valence-electron chi connectivity index (χ2n) is 7.92. The minimum absolute atomic E-state index is 0. The fraction of sp³-hybridized carbons (Fsp3) is 0.667. The third-order valence-electron chi connectivity index (χ3n) is 5.69. The number of benzene rings is 1. The Labute approximate surface area is 203 Å². The zero-order chi connectivity index (χ0) is 21.4. The van der Waals surface area contributed by atoms with Crippen molar-refractivity contribution in [3.63, 3.8) is 0 Å². The van der Waals surface area contributed by atoms with Crippen LogP contribution in [0.15, 0.2) is 34.2 Å². The van der Waals surface area contributed by atoms with Gasteiger partial charge in [-0.15, -0.1) is 24.0 Å². The van der Waals surface area contributed by atoms with E-state index in [0.717, 1.165) is 63.4 Å². The number of halogens is 1. The zero-order valence-corrected chi connectivity index (χ0v) is 21.3. The van der Waals surface area contributed by atoms with Gasteiger partial charge in [0, 0.05) is 33.3 Å². The molecule has 10 heteroatoms. The molecule has 3 N–H and O–H groups in total. The first-order valence-electron chi connectivity index (χ1n) is 10.8. The van der Waals surface area contributed by atoms with Crippen LogP contribution in [0.25, 0.3) is 0 Å². The summed E-state index contributed by atoms with van der Waals surface area (Å²) in [7, 11) is -1.85. The quantitative estimate of drug-likeness (QED) is 0.298. The predicted octanol–water partition coefficient (Wildman–Crippen LogP) is 2.12. The molecule has 2 saturated heterocycles. The van der Waals surface area contributed by atoms with Crippen LogP contribution < -0.4 is 10.5 Å². The van der Waals surface area contributed by atoms with E-state index in [1.807, 2.05) is 0 Å². The molecule has 176 valence electrons. The molecule has 0 aliphatic carbocycles. The summed E-state index contributed by atoms with van der Waals surface area (Å²) in [6.07, 6.45) is 6.83. The van der Waals surface area contributed by atoms with Crippen molar-refractivity contribution < 1.29 is 17.9 Å². The Morgan fingerprint density at radius 1 is 1.23 bits per heavy atom. The van der Waals surface area contributed by atoms with E-state index in [9.17, 15) is 8.42 Å². The van der Waals surface area contributed by atoms with Crippen molar-refractivity contribution >= 4 is 40.0 Å². The van der Waals surface area contributed by atoms with E-state index in [2.05, 4.69) is 15.2 Å². The van der Waals surface area contributed by atoms with Crippen LogP contribution in [0.3, 0.4) is 0 Å². The number of likely N-dealkylation sites (tertiary alicyclic amines) is 1. The SMILES string of the molecule is CN=C(NCCc1ccc(S(N)(=O)=O)cc1)N1CCC(OCC2CCCCO2)CC1.I. The van der Waals surface area contributed by atoms with Crippen LogP contribution in [0.4, 0.5) is 0 Å². The molecule has 0 bridgehead atoms. The van der Waals surface area contributed by atoms with Gasteiger partial charge in [-0.1, -0.05) is 12.1 Å². The second-order valence-corrected chi connectivity index (χ2v) is 9.48. The Hall–Kier alpha value is -0.950. The van der Waals surface area contributed by atoms with Crippen LogP contribution >= 0.6 is 24.0 Å². The molecule has 2 heterocycles. The molecular formula is C21H35IN4O4S. The van der Waals surface area contributed by atoms with Crippen LogP contribution in [-0.2, 0) is 25.9 Å². The Morgan fingerprint density at radius 3 is 2.52 bits per heavy atom. The van der Waals surface area contributed by atoms with Crippen LogP contribution in [0, 0.1) is 0 Å². The third-order valence-corrected chi connectivity index (χ3v) is 6.62. The van der Waals surface area contributed by atoms with Crippen LogP contribution in [0.2, 0.25) is 0 Å². The van der Waals surface area contributed by atoms with E-state index in [0.29, 0.717) is 12.7 Å². The van der Waals surface area contributed by atoms with Gasteiger partial charge in [-0.05, 0) is 56.2 Å². The molecule has 1 atom stereocenters. The number of nitrogens with zero attached hydrogens (tertiary/aromatic N) is 2. The van der Waals surface area contributed by atoms with Crippen molar-refractivity contribution in [3.8, 4) is 0 Å². The van der Waals surface area contributed by atoms with Gasteiger partial charge in [-0.25, -0.2) is 13.6 Å². The van der Waals surface area contributed by atoms with Crippen LogP contribution in [-0.4, -0.2) is 71.4 Å². The van der Waals surface area contributed by atoms with Crippen molar-refractivity contribution in [3.05, 3.63) is 29.8 Å². The maximum Gasteiger partial charge on any atom is 0.238 e. The van der Waals surface area contributed by atoms with E-state index < -0.39 is 10.0 Å². The highest BCUT2D eigenvalue weighted by Gasteiger charge is 2.23. The maximum absolute atomic E-state index is 11.3. The lowest BCUT2D eigenvalue weighted by Crippen LogP contribution is -2.47. The normalized spacial score (nSPS) is 20.9. The number of hydrogen-bond donors (Lipinski definition) is 2. The highest BCUT2D eigenvalue weighted by Crippen LogP contribution is 2.18. The zero-order valence-electron chi connectivity index (χ0n) is 18.2. The topological polar surface area (TPSA) is 106 Å². The van der Waals surface area contributed by atoms with Crippen molar-refractivity contribution in [1.29, 1.82) is 0 Å². The molecule has 8 nitrogen and oxygen atoms in total. The van der Waals surface area contributed by atoms with Gasteiger partial charge in [-0.3, -0.25) is 4.99 Å². The lowest BCUT2D eigenvalue weighted by atomic mass is 10.1. The third kappa shape index (κ3) is 8.49. The number of primary sulfonamides is 1. The highest BCUT2D eigenvalue weighted by molar-refractivity contribution is 14.0. The van der Waals surface area contributed by atoms with E-state index in [-0.39, 0.29) is 35.0 Å². The first-order chi connectivity index (χ1) is 14.5. The number of piperidine rings is 1. The number of hydrogen-bond acceptors (Lipinski definition) is 5. The molecule has 2 fully saturated rings. The van der Waals surface area contributed by atoms with E-state index in [1.165, 1.54) is 12.8 Å². The molecule has 0 amide bonds. The maximum atomic E-state index is 11.3. The Balaban J connectivity index is 0.00000341. The van der Waals surface area contributed by atoms with Gasteiger partial charge in [0.2, 0.25) is 10.0 Å². The monoisotopic (exact) mass is 566 g/mol. The minimum atomic E-state index is -3.65. The molecular weight excluding hydrogens is 531 g/mol. The van der Waals surface area contributed by atoms with Gasteiger partial charge in [0.25, 0.3) is 0 Å². The summed E-state index contributed by atoms with van der Waals surface area (Å²) < 4.78 is 34.5. The number of nitrogens with two attached hydrogens (primary N) is 1. The summed E-state index contributed by atoms with van der Waals surface area (Å²) in [6.45, 7) is 4.13. The summed E-state index contributed by atoms with van der Waals surface area (Å²) in [5, 5.41) is 8.54. The first kappa shape index (κ1) is 26.3. The number of aliphatic imine (C=N–C) groups is 1. The number of sulfonamides is 1. The number of guanidine groups is 1. The number of nitrogens with one attached hydrogen (secondary N) is 1. The molecule has 31 heavy (non-hydrogen) atoms. The lowest BCUT2D eigenvalue weighted by molar-refractivity contribution is -0.0721. The van der Waals surface area contributed by atoms with Crippen molar-refractivity contribution in [2.75, 3.05) is 39.9 Å². The number of rotatable bonds is 7. The Kier molecular flexibility index (Phi) is 11.0. The summed E-state index contributed by atoms with van der Waals surface area (Å²) >= 11 is 0. The second kappa shape index (κ2) is 12.9. The standard InChI is InChI=1S/C21H34N4O4S.HI/c1-23-21(24-12-9-17-5-7-20(8-6-17)30(22,26)27)25-13-10-18(11-14-25)29-16-19-4-2-3-15-28-19;/h5-8,18-19H,2-4,9-16H2,1H3,(H,23,24)(H2,22,26,27);1H. The van der Waals surface area contributed by atoms with Crippen LogP contribution in [0.1, 0.15) is 37.7 Å². The average molecular weight is 567 g/mol. The molecule has 2 aliphatic rings. The molecule has 0 spiro atoms. The van der Waals surface area contributed by atoms with Gasteiger partial charge >= 0.3 is 0 Å². The molecule has 0 aromatic heterocycles. The van der Waals surface area contributed by atoms with Gasteiger partial charge in [0.05, 0.1) is 23.7 Å². The predicted molar refractivity (Wildman–Crippen MR) is 132 cm³/mol. The van der Waals surface area contributed by atoms with Gasteiger partial charge in [0.15, 0.2) is 5.96 Å².